The van der Waals surface area contributed by atoms with Gasteiger partial charge in [0, 0.05) is 6.54 Å². The van der Waals surface area contributed by atoms with Gasteiger partial charge >= 0.3 is 5.97 Å². The van der Waals surface area contributed by atoms with Crippen molar-refractivity contribution < 1.29 is 9.53 Å². The summed E-state index contributed by atoms with van der Waals surface area (Å²) < 4.78 is 4.73. The first-order valence-corrected chi connectivity index (χ1v) is 5.41. The molecule has 0 aliphatic carbocycles. The van der Waals surface area contributed by atoms with E-state index in [0.29, 0.717) is 12.2 Å². The number of nitrogen functional groups attached to an aromatic ring is 1. The minimum absolute atomic E-state index is 0.252. The van der Waals surface area contributed by atoms with Crippen LogP contribution in [0.1, 0.15) is 19.4 Å². The van der Waals surface area contributed by atoms with Gasteiger partial charge in [0.15, 0.2) is 0 Å². The van der Waals surface area contributed by atoms with E-state index in [-0.39, 0.29) is 5.97 Å². The molecule has 94 valence electrons. The van der Waals surface area contributed by atoms with Gasteiger partial charge < -0.3 is 15.8 Å². The second kappa shape index (κ2) is 5.03. The SMILES string of the molecule is COC(=O)C(C)(C)CNc1ncc(N)cc1C. The Morgan fingerprint density at radius 2 is 2.24 bits per heavy atom. The molecule has 17 heavy (non-hydrogen) atoms. The Kier molecular flexibility index (Phi) is 3.93. The maximum Gasteiger partial charge on any atom is 0.313 e. The molecule has 5 nitrogen and oxygen atoms in total. The van der Waals surface area contributed by atoms with Gasteiger partial charge in [-0.1, -0.05) is 0 Å². The third-order valence-electron chi connectivity index (χ3n) is 2.54. The number of anilines is 2. The van der Waals surface area contributed by atoms with Crippen molar-refractivity contribution in [2.75, 3.05) is 24.7 Å². The second-order valence-corrected chi connectivity index (χ2v) is 4.66. The number of aromatic nitrogens is 1. The minimum atomic E-state index is -0.593. The molecule has 0 fully saturated rings. The van der Waals surface area contributed by atoms with Crippen LogP contribution >= 0.6 is 0 Å². The van der Waals surface area contributed by atoms with Crippen molar-refractivity contribution in [3.63, 3.8) is 0 Å². The summed E-state index contributed by atoms with van der Waals surface area (Å²) in [7, 11) is 1.39. The fourth-order valence-corrected chi connectivity index (χ4v) is 1.43. The van der Waals surface area contributed by atoms with Crippen molar-refractivity contribution >= 4 is 17.5 Å². The van der Waals surface area contributed by atoms with E-state index in [9.17, 15) is 4.79 Å². The molecule has 1 aromatic rings. The zero-order valence-corrected chi connectivity index (χ0v) is 10.7. The van der Waals surface area contributed by atoms with E-state index < -0.39 is 5.41 Å². The van der Waals surface area contributed by atoms with Crippen LogP contribution in [0.3, 0.4) is 0 Å². The van der Waals surface area contributed by atoms with Gasteiger partial charge in [-0.3, -0.25) is 4.79 Å². The molecule has 0 radical (unpaired) electrons. The number of hydrogen-bond donors (Lipinski definition) is 2. The van der Waals surface area contributed by atoms with Gasteiger partial charge in [0.1, 0.15) is 5.82 Å². The topological polar surface area (TPSA) is 77.2 Å². The fourth-order valence-electron chi connectivity index (χ4n) is 1.43. The third kappa shape index (κ3) is 3.34. The number of rotatable bonds is 4. The summed E-state index contributed by atoms with van der Waals surface area (Å²) >= 11 is 0. The first kappa shape index (κ1) is 13.3. The average molecular weight is 237 g/mol. The Labute approximate surface area is 101 Å². The van der Waals surface area contributed by atoms with Crippen molar-refractivity contribution in [3.8, 4) is 0 Å². The van der Waals surface area contributed by atoms with Crippen LogP contribution in [0.5, 0.6) is 0 Å². The number of pyridine rings is 1. The predicted molar refractivity (Wildman–Crippen MR) is 67.7 cm³/mol. The van der Waals surface area contributed by atoms with E-state index in [0.717, 1.165) is 11.4 Å². The predicted octanol–water partition coefficient (Wildman–Crippen LogP) is 1.58. The summed E-state index contributed by atoms with van der Waals surface area (Å²) in [5.74, 6) is 0.481. The van der Waals surface area contributed by atoms with Gasteiger partial charge in [0.05, 0.1) is 24.4 Å². The van der Waals surface area contributed by atoms with Crippen molar-refractivity contribution in [1.82, 2.24) is 4.98 Å². The molecule has 0 bridgehead atoms. The first-order valence-electron chi connectivity index (χ1n) is 5.41. The Morgan fingerprint density at radius 3 is 2.76 bits per heavy atom. The summed E-state index contributed by atoms with van der Waals surface area (Å²) in [6.07, 6.45) is 1.58. The van der Waals surface area contributed by atoms with Crippen molar-refractivity contribution in [1.29, 1.82) is 0 Å². The molecule has 0 atom stereocenters. The molecule has 5 heteroatoms. The molecule has 0 aliphatic heterocycles. The van der Waals surface area contributed by atoms with E-state index in [1.807, 2.05) is 26.8 Å². The van der Waals surface area contributed by atoms with Gasteiger partial charge in [-0.15, -0.1) is 0 Å². The Bertz CT molecular complexity index is 416. The summed E-state index contributed by atoms with van der Waals surface area (Å²) in [4.78, 5) is 15.7. The molecule has 3 N–H and O–H groups in total. The van der Waals surface area contributed by atoms with E-state index in [2.05, 4.69) is 10.3 Å². The molecule has 0 unspecified atom stereocenters. The second-order valence-electron chi connectivity index (χ2n) is 4.66. The quantitative estimate of drug-likeness (QED) is 0.777. The number of carbonyl (C=O) groups is 1. The summed E-state index contributed by atoms with van der Waals surface area (Å²) in [5.41, 5.74) is 6.60. The highest BCUT2D eigenvalue weighted by atomic mass is 16.5. The highest BCUT2D eigenvalue weighted by molar-refractivity contribution is 5.76. The summed E-state index contributed by atoms with van der Waals surface area (Å²) in [6, 6.07) is 1.83. The maximum atomic E-state index is 11.5. The van der Waals surface area contributed by atoms with Crippen LogP contribution in [-0.4, -0.2) is 24.6 Å². The number of carbonyl (C=O) groups excluding carboxylic acids is 1. The van der Waals surface area contributed by atoms with Crippen molar-refractivity contribution in [2.24, 2.45) is 5.41 Å². The highest BCUT2D eigenvalue weighted by Crippen LogP contribution is 2.20. The number of methoxy groups -OCH3 is 1. The number of aryl methyl sites for hydroxylation is 1. The smallest absolute Gasteiger partial charge is 0.313 e. The third-order valence-corrected chi connectivity index (χ3v) is 2.54. The number of nitrogens with zero attached hydrogens (tertiary/aromatic N) is 1. The number of nitrogens with two attached hydrogens (primary N) is 1. The van der Waals surface area contributed by atoms with E-state index in [1.165, 1.54) is 7.11 Å². The molecule has 0 amide bonds. The summed E-state index contributed by atoms with van der Waals surface area (Å²) in [6.45, 7) is 6.01. The first-order chi connectivity index (χ1) is 7.86. The summed E-state index contributed by atoms with van der Waals surface area (Å²) in [5, 5.41) is 3.13. The number of ether oxygens (including phenoxy) is 1. The molecule has 0 saturated carbocycles. The van der Waals surface area contributed by atoms with Crippen LogP contribution in [-0.2, 0) is 9.53 Å². The lowest BCUT2D eigenvalue weighted by Crippen LogP contribution is -2.33. The van der Waals surface area contributed by atoms with Crippen LogP contribution in [0.2, 0.25) is 0 Å². The number of esters is 1. The molecule has 0 saturated heterocycles. The molecule has 1 heterocycles. The Balaban J connectivity index is 2.70. The van der Waals surface area contributed by atoms with Crippen molar-refractivity contribution in [3.05, 3.63) is 17.8 Å². The lowest BCUT2D eigenvalue weighted by Gasteiger charge is -2.22. The average Bonchev–Trinajstić information content (AvgIpc) is 2.26. The highest BCUT2D eigenvalue weighted by Gasteiger charge is 2.28. The molecular formula is C12H19N3O2. The van der Waals surface area contributed by atoms with Crippen LogP contribution in [0, 0.1) is 12.3 Å². The molecular weight excluding hydrogens is 218 g/mol. The zero-order chi connectivity index (χ0) is 13.1. The van der Waals surface area contributed by atoms with Gasteiger partial charge in [-0.25, -0.2) is 4.98 Å². The molecule has 0 spiro atoms. The lowest BCUT2D eigenvalue weighted by atomic mass is 9.94. The maximum absolute atomic E-state index is 11.5. The van der Waals surface area contributed by atoms with Gasteiger partial charge in [-0.2, -0.15) is 0 Å². The monoisotopic (exact) mass is 237 g/mol. The minimum Gasteiger partial charge on any atom is -0.469 e. The normalized spacial score (nSPS) is 11.1. The molecule has 0 aromatic carbocycles. The molecule has 0 aliphatic rings. The number of hydrogen-bond acceptors (Lipinski definition) is 5. The van der Waals surface area contributed by atoms with Gasteiger partial charge in [0.2, 0.25) is 0 Å². The molecule has 1 rings (SSSR count). The van der Waals surface area contributed by atoms with Crippen LogP contribution in [0.4, 0.5) is 11.5 Å². The lowest BCUT2D eigenvalue weighted by molar-refractivity contribution is -0.149. The Hall–Kier alpha value is -1.78. The van der Waals surface area contributed by atoms with E-state index >= 15 is 0 Å². The van der Waals surface area contributed by atoms with Gasteiger partial charge in [0.25, 0.3) is 0 Å². The van der Waals surface area contributed by atoms with Crippen LogP contribution < -0.4 is 11.1 Å². The number of nitrogens with one attached hydrogen (secondary N) is 1. The zero-order valence-electron chi connectivity index (χ0n) is 10.7. The van der Waals surface area contributed by atoms with E-state index in [1.54, 1.807) is 6.20 Å². The van der Waals surface area contributed by atoms with Gasteiger partial charge in [-0.05, 0) is 32.4 Å². The van der Waals surface area contributed by atoms with Crippen molar-refractivity contribution in [2.45, 2.75) is 20.8 Å². The molecule has 1 aromatic heterocycles. The standard InChI is InChI=1S/C12H19N3O2/c1-8-5-9(13)6-14-10(8)15-7-12(2,3)11(16)17-4/h5-6H,7,13H2,1-4H3,(H,14,15). The fraction of sp³-hybridized carbons (Fsp3) is 0.500. The largest absolute Gasteiger partial charge is 0.469 e. The Morgan fingerprint density at radius 1 is 1.59 bits per heavy atom. The van der Waals surface area contributed by atoms with E-state index in [4.69, 9.17) is 10.5 Å². The van der Waals surface area contributed by atoms with Crippen LogP contribution in [0.15, 0.2) is 12.3 Å². The van der Waals surface area contributed by atoms with Crippen LogP contribution in [0.25, 0.3) is 0 Å².